The molecule has 0 spiro atoms. The van der Waals surface area contributed by atoms with Gasteiger partial charge in [-0.25, -0.2) is 4.39 Å². The summed E-state index contributed by atoms with van der Waals surface area (Å²) in [4.78, 5) is 24.1. The molecule has 154 valence electrons. The van der Waals surface area contributed by atoms with Crippen molar-refractivity contribution in [2.45, 2.75) is 0 Å². The molecule has 3 aromatic rings. The number of nitrogens with one attached hydrogen (secondary N) is 2. The first kappa shape index (κ1) is 20.9. The van der Waals surface area contributed by atoms with Crippen molar-refractivity contribution in [2.24, 2.45) is 0 Å². The van der Waals surface area contributed by atoms with Crippen LogP contribution < -0.4 is 20.1 Å². The fraction of sp³-hybridized carbons (Fsp3) is 0.130. The Bertz CT molecular complexity index is 978. The summed E-state index contributed by atoms with van der Waals surface area (Å²) in [6.45, 7) is 0.359. The molecule has 0 bridgehead atoms. The smallest absolute Gasteiger partial charge is 0.258 e. The van der Waals surface area contributed by atoms with Crippen LogP contribution in [0, 0.1) is 5.82 Å². The van der Waals surface area contributed by atoms with E-state index in [4.69, 9.17) is 9.47 Å². The lowest BCUT2D eigenvalue weighted by molar-refractivity contribution is -0.123. The molecule has 0 saturated carbocycles. The van der Waals surface area contributed by atoms with E-state index in [9.17, 15) is 14.0 Å². The van der Waals surface area contributed by atoms with Crippen molar-refractivity contribution >= 4 is 17.5 Å². The standard InChI is InChI=1S/C23H21FN2O4/c24-18-9-11-20(12-10-18)29-14-13-25-22(27)16-30-21-8-4-7-19(15-21)26-23(28)17-5-2-1-3-6-17/h1-12,15H,13-14,16H2,(H,25,27)(H,26,28). The van der Waals surface area contributed by atoms with Crippen molar-refractivity contribution in [3.05, 3.63) is 90.2 Å². The normalized spacial score (nSPS) is 10.2. The van der Waals surface area contributed by atoms with Crippen LogP contribution >= 0.6 is 0 Å². The Morgan fingerprint density at radius 3 is 2.37 bits per heavy atom. The van der Waals surface area contributed by atoms with Crippen LogP contribution in [-0.4, -0.2) is 31.6 Å². The first-order valence-corrected chi connectivity index (χ1v) is 9.34. The molecule has 0 aliphatic carbocycles. The summed E-state index contributed by atoms with van der Waals surface area (Å²) in [6.07, 6.45) is 0. The second kappa shape index (κ2) is 10.6. The van der Waals surface area contributed by atoms with Gasteiger partial charge in [0.05, 0.1) is 6.54 Å². The fourth-order valence-electron chi connectivity index (χ4n) is 2.55. The largest absolute Gasteiger partial charge is 0.492 e. The average molecular weight is 408 g/mol. The van der Waals surface area contributed by atoms with Crippen LogP contribution in [0.15, 0.2) is 78.9 Å². The monoisotopic (exact) mass is 408 g/mol. The molecule has 0 aromatic heterocycles. The van der Waals surface area contributed by atoms with Gasteiger partial charge in [-0.05, 0) is 48.5 Å². The molecule has 7 heteroatoms. The number of hydrogen-bond acceptors (Lipinski definition) is 4. The third-order valence-corrected chi connectivity index (χ3v) is 4.00. The lowest BCUT2D eigenvalue weighted by Gasteiger charge is -2.10. The van der Waals surface area contributed by atoms with Gasteiger partial charge < -0.3 is 20.1 Å². The summed E-state index contributed by atoms with van der Waals surface area (Å²) in [6, 6.07) is 21.3. The zero-order valence-electron chi connectivity index (χ0n) is 16.1. The summed E-state index contributed by atoms with van der Waals surface area (Å²) < 4.78 is 23.7. The summed E-state index contributed by atoms with van der Waals surface area (Å²) in [5.74, 6) is 0.106. The summed E-state index contributed by atoms with van der Waals surface area (Å²) in [7, 11) is 0. The number of halogens is 1. The molecule has 3 aromatic carbocycles. The van der Waals surface area contributed by atoms with Gasteiger partial charge in [-0.3, -0.25) is 9.59 Å². The predicted octanol–water partition coefficient (Wildman–Crippen LogP) is 3.65. The molecule has 30 heavy (non-hydrogen) atoms. The van der Waals surface area contributed by atoms with E-state index in [2.05, 4.69) is 10.6 Å². The molecule has 0 heterocycles. The highest BCUT2D eigenvalue weighted by atomic mass is 19.1. The van der Waals surface area contributed by atoms with E-state index >= 15 is 0 Å². The van der Waals surface area contributed by atoms with Gasteiger partial charge in [0.1, 0.15) is 23.9 Å². The van der Waals surface area contributed by atoms with Gasteiger partial charge in [0.25, 0.3) is 11.8 Å². The maximum atomic E-state index is 12.8. The van der Waals surface area contributed by atoms with Crippen LogP contribution in [0.1, 0.15) is 10.4 Å². The van der Waals surface area contributed by atoms with Gasteiger partial charge >= 0.3 is 0 Å². The molecule has 0 saturated heterocycles. The zero-order chi connectivity index (χ0) is 21.2. The number of benzene rings is 3. The van der Waals surface area contributed by atoms with Crippen molar-refractivity contribution in [1.29, 1.82) is 0 Å². The Balaban J connectivity index is 1.39. The zero-order valence-corrected chi connectivity index (χ0v) is 16.1. The van der Waals surface area contributed by atoms with Gasteiger partial charge in [0.15, 0.2) is 6.61 Å². The number of hydrogen-bond donors (Lipinski definition) is 2. The van der Waals surface area contributed by atoms with E-state index in [1.807, 2.05) is 6.07 Å². The number of anilines is 1. The van der Waals surface area contributed by atoms with Crippen LogP contribution in [-0.2, 0) is 4.79 Å². The second-order valence-corrected chi connectivity index (χ2v) is 6.29. The quantitative estimate of drug-likeness (QED) is 0.530. The van der Waals surface area contributed by atoms with Crippen molar-refractivity contribution in [2.75, 3.05) is 25.1 Å². The van der Waals surface area contributed by atoms with Crippen LogP contribution in [0.5, 0.6) is 11.5 Å². The van der Waals surface area contributed by atoms with Crippen LogP contribution in [0.25, 0.3) is 0 Å². The molecule has 6 nitrogen and oxygen atoms in total. The van der Waals surface area contributed by atoms with Crippen LogP contribution in [0.3, 0.4) is 0 Å². The maximum Gasteiger partial charge on any atom is 0.258 e. The van der Waals surface area contributed by atoms with E-state index in [1.165, 1.54) is 24.3 Å². The van der Waals surface area contributed by atoms with Crippen LogP contribution in [0.2, 0.25) is 0 Å². The van der Waals surface area contributed by atoms with E-state index in [0.717, 1.165) is 0 Å². The van der Waals surface area contributed by atoms with Crippen molar-refractivity contribution < 1.29 is 23.5 Å². The molecule has 0 unspecified atom stereocenters. The minimum absolute atomic E-state index is 0.174. The Morgan fingerprint density at radius 2 is 1.60 bits per heavy atom. The van der Waals surface area contributed by atoms with Crippen molar-refractivity contribution in [3.8, 4) is 11.5 Å². The first-order chi connectivity index (χ1) is 14.6. The minimum atomic E-state index is -0.337. The predicted molar refractivity (Wildman–Crippen MR) is 111 cm³/mol. The maximum absolute atomic E-state index is 12.8. The van der Waals surface area contributed by atoms with Gasteiger partial charge in [-0.1, -0.05) is 24.3 Å². The molecule has 2 amide bonds. The van der Waals surface area contributed by atoms with Gasteiger partial charge in [-0.15, -0.1) is 0 Å². The van der Waals surface area contributed by atoms with E-state index in [-0.39, 0.29) is 37.4 Å². The highest BCUT2D eigenvalue weighted by Gasteiger charge is 2.07. The molecular weight excluding hydrogens is 387 g/mol. The highest BCUT2D eigenvalue weighted by Crippen LogP contribution is 2.18. The molecule has 2 N–H and O–H groups in total. The summed E-state index contributed by atoms with van der Waals surface area (Å²) in [5, 5.41) is 5.46. The number of amides is 2. The van der Waals surface area contributed by atoms with E-state index in [1.54, 1.807) is 48.5 Å². The number of carbonyl (C=O) groups excluding carboxylic acids is 2. The number of rotatable bonds is 9. The first-order valence-electron chi connectivity index (χ1n) is 9.34. The third kappa shape index (κ3) is 6.63. The molecule has 0 fully saturated rings. The molecule has 0 radical (unpaired) electrons. The van der Waals surface area contributed by atoms with Gasteiger partial charge in [-0.2, -0.15) is 0 Å². The Kier molecular flexibility index (Phi) is 7.38. The Labute approximate surface area is 173 Å². The average Bonchev–Trinajstić information content (AvgIpc) is 2.77. The Hall–Kier alpha value is -3.87. The lowest BCUT2D eigenvalue weighted by Crippen LogP contribution is -2.32. The molecule has 0 aliphatic heterocycles. The number of ether oxygens (including phenoxy) is 2. The molecule has 3 rings (SSSR count). The van der Waals surface area contributed by atoms with E-state index < -0.39 is 0 Å². The molecular formula is C23H21FN2O4. The van der Waals surface area contributed by atoms with Gasteiger partial charge in [0.2, 0.25) is 0 Å². The van der Waals surface area contributed by atoms with Gasteiger partial charge in [0, 0.05) is 17.3 Å². The Morgan fingerprint density at radius 1 is 0.833 bits per heavy atom. The topological polar surface area (TPSA) is 76.7 Å². The molecule has 0 aliphatic rings. The highest BCUT2D eigenvalue weighted by molar-refractivity contribution is 6.04. The minimum Gasteiger partial charge on any atom is -0.492 e. The van der Waals surface area contributed by atoms with Crippen molar-refractivity contribution in [3.63, 3.8) is 0 Å². The summed E-state index contributed by atoms with van der Waals surface area (Å²) >= 11 is 0. The van der Waals surface area contributed by atoms with Crippen LogP contribution in [0.4, 0.5) is 10.1 Å². The van der Waals surface area contributed by atoms with E-state index in [0.29, 0.717) is 22.7 Å². The number of carbonyl (C=O) groups is 2. The molecule has 0 atom stereocenters. The second-order valence-electron chi connectivity index (χ2n) is 6.29. The lowest BCUT2D eigenvalue weighted by atomic mass is 10.2. The fourth-order valence-corrected chi connectivity index (χ4v) is 2.55. The van der Waals surface area contributed by atoms with Crippen molar-refractivity contribution in [1.82, 2.24) is 5.32 Å². The summed E-state index contributed by atoms with van der Waals surface area (Å²) in [5.41, 5.74) is 1.11. The SMILES string of the molecule is O=C(COc1cccc(NC(=O)c2ccccc2)c1)NCCOc1ccc(F)cc1. The third-order valence-electron chi connectivity index (χ3n) is 4.00.